The summed E-state index contributed by atoms with van der Waals surface area (Å²) in [5.74, 6) is 1.26. The molecule has 0 atom stereocenters. The molecule has 0 aromatic heterocycles. The summed E-state index contributed by atoms with van der Waals surface area (Å²) in [5, 5.41) is 5.27. The minimum Gasteiger partial charge on any atom is -0.448 e. The highest BCUT2D eigenvalue weighted by atomic mass is 32.2. The van der Waals surface area contributed by atoms with Crippen LogP contribution in [-0.2, 0) is 9.47 Å². The molecule has 2 N–H and O–H groups in total. The maximum absolute atomic E-state index is 11.5. The summed E-state index contributed by atoms with van der Waals surface area (Å²) in [6.07, 6.45) is -0.962. The van der Waals surface area contributed by atoms with Gasteiger partial charge in [0.1, 0.15) is 13.2 Å². The number of ether oxygens (including phenoxy) is 2. The lowest BCUT2D eigenvalue weighted by Crippen LogP contribution is -2.16. The maximum atomic E-state index is 11.5. The predicted molar refractivity (Wildman–Crippen MR) is 100 cm³/mol. The van der Waals surface area contributed by atoms with Crippen molar-refractivity contribution in [3.8, 4) is 0 Å². The van der Waals surface area contributed by atoms with Gasteiger partial charge in [0.05, 0.1) is 0 Å². The van der Waals surface area contributed by atoms with Gasteiger partial charge in [-0.05, 0) is 24.3 Å². The zero-order valence-corrected chi connectivity index (χ0v) is 14.5. The van der Waals surface area contributed by atoms with Crippen LogP contribution in [-0.4, -0.2) is 36.9 Å². The van der Waals surface area contributed by atoms with Crippen molar-refractivity contribution in [1.82, 2.24) is 0 Å². The molecule has 7 heteroatoms. The second-order valence-electron chi connectivity index (χ2n) is 4.87. The molecule has 132 valence electrons. The van der Waals surface area contributed by atoms with E-state index in [-0.39, 0.29) is 0 Å². The van der Waals surface area contributed by atoms with Gasteiger partial charge in [-0.25, -0.2) is 9.59 Å². The normalized spacial score (nSPS) is 9.92. The Morgan fingerprint density at radius 3 is 1.52 bits per heavy atom. The average molecular weight is 360 g/mol. The average Bonchev–Trinajstić information content (AvgIpc) is 2.62. The summed E-state index contributed by atoms with van der Waals surface area (Å²) < 4.78 is 10.1. The molecule has 25 heavy (non-hydrogen) atoms. The molecule has 0 spiro atoms. The minimum atomic E-state index is -0.481. The van der Waals surface area contributed by atoms with Crippen molar-refractivity contribution in [3.05, 3.63) is 60.7 Å². The molecule has 2 aromatic rings. The Morgan fingerprint density at radius 1 is 0.720 bits per heavy atom. The molecular weight excluding hydrogens is 340 g/mol. The van der Waals surface area contributed by atoms with Crippen LogP contribution in [0.25, 0.3) is 0 Å². The second kappa shape index (κ2) is 11.0. The van der Waals surface area contributed by atoms with Crippen molar-refractivity contribution in [1.29, 1.82) is 0 Å². The number of nitrogens with one attached hydrogen (secondary N) is 2. The number of carbonyl (C=O) groups is 2. The number of benzene rings is 2. The standard InChI is InChI=1S/C18H20N2O4S/c21-17(19-15-7-3-1-4-8-15)23-11-13-25-14-12-24-18(22)20-16-9-5-2-6-10-16/h1-10H,11-14H2,(H,19,21)(H,20,22). The van der Waals surface area contributed by atoms with Gasteiger partial charge in [0.15, 0.2) is 0 Å². The number of hydrogen-bond donors (Lipinski definition) is 2. The first-order chi connectivity index (χ1) is 12.2. The van der Waals surface area contributed by atoms with Crippen LogP contribution < -0.4 is 10.6 Å². The maximum Gasteiger partial charge on any atom is 0.411 e. The molecule has 0 aliphatic carbocycles. The molecule has 2 rings (SSSR count). The van der Waals surface area contributed by atoms with Crippen molar-refractivity contribution >= 4 is 35.3 Å². The molecule has 0 fully saturated rings. The van der Waals surface area contributed by atoms with Crippen molar-refractivity contribution in [2.45, 2.75) is 0 Å². The number of rotatable bonds is 8. The van der Waals surface area contributed by atoms with E-state index in [2.05, 4.69) is 10.6 Å². The summed E-state index contributed by atoms with van der Waals surface area (Å²) in [6.45, 7) is 0.582. The van der Waals surface area contributed by atoms with Gasteiger partial charge in [-0.3, -0.25) is 10.6 Å². The van der Waals surface area contributed by atoms with Crippen LogP contribution in [0.15, 0.2) is 60.7 Å². The van der Waals surface area contributed by atoms with E-state index >= 15 is 0 Å². The van der Waals surface area contributed by atoms with Crippen molar-refractivity contribution in [2.75, 3.05) is 35.4 Å². The number of amides is 2. The Balaban J connectivity index is 1.46. The highest BCUT2D eigenvalue weighted by molar-refractivity contribution is 7.99. The SMILES string of the molecule is O=C(Nc1ccccc1)OCCSCCOC(=O)Nc1ccccc1. The van der Waals surface area contributed by atoms with E-state index in [1.807, 2.05) is 36.4 Å². The number of para-hydroxylation sites is 2. The topological polar surface area (TPSA) is 76.7 Å². The third-order valence-electron chi connectivity index (χ3n) is 2.96. The van der Waals surface area contributed by atoms with E-state index in [4.69, 9.17) is 9.47 Å². The van der Waals surface area contributed by atoms with E-state index in [9.17, 15) is 9.59 Å². The first-order valence-corrected chi connectivity index (χ1v) is 8.95. The van der Waals surface area contributed by atoms with Gasteiger partial charge in [0.25, 0.3) is 0 Å². The zero-order valence-electron chi connectivity index (χ0n) is 13.6. The van der Waals surface area contributed by atoms with Gasteiger partial charge in [0, 0.05) is 22.9 Å². The summed E-state index contributed by atoms with van der Waals surface area (Å²) in [4.78, 5) is 23.1. The Morgan fingerprint density at radius 2 is 1.12 bits per heavy atom. The summed E-state index contributed by atoms with van der Waals surface area (Å²) in [6, 6.07) is 18.2. The summed E-state index contributed by atoms with van der Waals surface area (Å²) >= 11 is 1.54. The third kappa shape index (κ3) is 8.12. The number of hydrogen-bond acceptors (Lipinski definition) is 5. The first-order valence-electron chi connectivity index (χ1n) is 7.79. The van der Waals surface area contributed by atoms with E-state index < -0.39 is 12.2 Å². The highest BCUT2D eigenvalue weighted by Gasteiger charge is 2.04. The van der Waals surface area contributed by atoms with Crippen molar-refractivity contribution < 1.29 is 19.1 Å². The van der Waals surface area contributed by atoms with Crippen LogP contribution in [0.5, 0.6) is 0 Å². The van der Waals surface area contributed by atoms with Crippen LogP contribution in [0.1, 0.15) is 0 Å². The van der Waals surface area contributed by atoms with Gasteiger partial charge in [0.2, 0.25) is 0 Å². The molecule has 2 aromatic carbocycles. The fourth-order valence-corrected chi connectivity index (χ4v) is 2.45. The van der Waals surface area contributed by atoms with Crippen LogP contribution in [0.3, 0.4) is 0 Å². The molecule has 6 nitrogen and oxygen atoms in total. The summed E-state index contributed by atoms with van der Waals surface area (Å²) in [7, 11) is 0. The lowest BCUT2D eigenvalue weighted by molar-refractivity contribution is 0.168. The van der Waals surface area contributed by atoms with Gasteiger partial charge < -0.3 is 9.47 Å². The van der Waals surface area contributed by atoms with Crippen molar-refractivity contribution in [2.24, 2.45) is 0 Å². The predicted octanol–water partition coefficient (Wildman–Crippen LogP) is 4.22. The summed E-state index contributed by atoms with van der Waals surface area (Å²) in [5.41, 5.74) is 1.39. The molecule has 0 heterocycles. The fraction of sp³-hybridized carbons (Fsp3) is 0.222. The Bertz CT molecular complexity index is 595. The molecule has 0 saturated carbocycles. The number of anilines is 2. The highest BCUT2D eigenvalue weighted by Crippen LogP contribution is 2.07. The Hall–Kier alpha value is -2.67. The van der Waals surface area contributed by atoms with E-state index in [0.29, 0.717) is 36.1 Å². The number of carbonyl (C=O) groups excluding carboxylic acids is 2. The number of thioether (sulfide) groups is 1. The largest absolute Gasteiger partial charge is 0.448 e. The molecular formula is C18H20N2O4S. The lowest BCUT2D eigenvalue weighted by atomic mass is 10.3. The van der Waals surface area contributed by atoms with Crippen LogP contribution >= 0.6 is 11.8 Å². The smallest absolute Gasteiger partial charge is 0.411 e. The van der Waals surface area contributed by atoms with Crippen LogP contribution in [0, 0.1) is 0 Å². The van der Waals surface area contributed by atoms with Gasteiger partial charge in [-0.2, -0.15) is 11.8 Å². The fourth-order valence-electron chi connectivity index (χ4n) is 1.84. The van der Waals surface area contributed by atoms with Crippen molar-refractivity contribution in [3.63, 3.8) is 0 Å². The van der Waals surface area contributed by atoms with E-state index in [0.717, 1.165) is 0 Å². The first kappa shape index (κ1) is 18.7. The van der Waals surface area contributed by atoms with Crippen LogP contribution in [0.2, 0.25) is 0 Å². The molecule has 0 radical (unpaired) electrons. The van der Waals surface area contributed by atoms with Gasteiger partial charge >= 0.3 is 12.2 Å². The zero-order chi connectivity index (χ0) is 17.7. The molecule has 0 aliphatic heterocycles. The minimum absolute atomic E-state index is 0.291. The lowest BCUT2D eigenvalue weighted by Gasteiger charge is -2.08. The van der Waals surface area contributed by atoms with E-state index in [1.165, 1.54) is 11.8 Å². The Labute approximate surface area is 150 Å². The van der Waals surface area contributed by atoms with Gasteiger partial charge in [-0.1, -0.05) is 36.4 Å². The monoisotopic (exact) mass is 360 g/mol. The third-order valence-corrected chi connectivity index (χ3v) is 3.87. The molecule has 0 unspecified atom stereocenters. The van der Waals surface area contributed by atoms with Gasteiger partial charge in [-0.15, -0.1) is 0 Å². The quantitative estimate of drug-likeness (QED) is 0.690. The van der Waals surface area contributed by atoms with E-state index in [1.54, 1.807) is 24.3 Å². The van der Waals surface area contributed by atoms with Crippen LogP contribution in [0.4, 0.5) is 21.0 Å². The molecule has 2 amide bonds. The Kier molecular flexibility index (Phi) is 8.20. The molecule has 0 saturated heterocycles. The second-order valence-corrected chi connectivity index (χ2v) is 6.09. The molecule has 0 bridgehead atoms. The molecule has 0 aliphatic rings.